The number of hydrogen-bond acceptors (Lipinski definition) is 5. The number of carbonyl (C=O) groups excluding carboxylic acids is 2. The van der Waals surface area contributed by atoms with Crippen molar-refractivity contribution in [3.63, 3.8) is 0 Å². The number of fused-ring (bicyclic) bond motifs is 2. The van der Waals surface area contributed by atoms with Gasteiger partial charge in [0, 0.05) is 11.5 Å². The number of amides is 1. The van der Waals surface area contributed by atoms with Crippen molar-refractivity contribution in [3.8, 4) is 17.2 Å². The van der Waals surface area contributed by atoms with E-state index in [1.807, 2.05) is 32.0 Å². The minimum Gasteiger partial charge on any atom is -0.493 e. The molecule has 2 aromatic rings. The second-order valence-corrected chi connectivity index (χ2v) is 6.53. The number of ether oxygens (including phenoxy) is 3. The maximum Gasteiger partial charge on any atom is 0.338 e. The van der Waals surface area contributed by atoms with Crippen LogP contribution >= 0.6 is 0 Å². The van der Waals surface area contributed by atoms with Crippen LogP contribution in [0.15, 0.2) is 36.4 Å². The molecule has 0 saturated carbocycles. The van der Waals surface area contributed by atoms with E-state index >= 15 is 0 Å². The Balaban J connectivity index is 2.15. The second kappa shape index (κ2) is 7.70. The third kappa shape index (κ3) is 3.60. The van der Waals surface area contributed by atoms with Crippen molar-refractivity contribution < 1.29 is 23.8 Å². The molecule has 1 aliphatic heterocycles. The highest BCUT2D eigenvalue weighted by molar-refractivity contribution is 5.99. The molecular weight excluding hydrogens is 346 g/mol. The molecule has 6 heteroatoms. The standard InChI is InChI=1S/C21H23NO5/c1-5-26-21(24)14-9-10-17-16(11-14)22(20(23)13(2)3)12-15-7-6-8-18(25-4)19(15)27-17/h6-11,13H,5,12H2,1-4H3. The van der Waals surface area contributed by atoms with E-state index in [9.17, 15) is 9.59 Å². The molecule has 0 radical (unpaired) electrons. The van der Waals surface area contributed by atoms with Gasteiger partial charge in [-0.3, -0.25) is 4.79 Å². The van der Waals surface area contributed by atoms with Crippen LogP contribution in [0.4, 0.5) is 5.69 Å². The summed E-state index contributed by atoms with van der Waals surface area (Å²) in [6.45, 7) is 6.04. The first-order valence-corrected chi connectivity index (χ1v) is 8.92. The second-order valence-electron chi connectivity index (χ2n) is 6.53. The van der Waals surface area contributed by atoms with Gasteiger partial charge in [0.05, 0.1) is 31.5 Å². The molecule has 1 heterocycles. The van der Waals surface area contributed by atoms with Crippen LogP contribution in [0, 0.1) is 5.92 Å². The fourth-order valence-electron chi connectivity index (χ4n) is 2.99. The number of hydrogen-bond donors (Lipinski definition) is 0. The van der Waals surface area contributed by atoms with Gasteiger partial charge in [-0.25, -0.2) is 4.79 Å². The Labute approximate surface area is 158 Å². The first kappa shape index (κ1) is 18.8. The molecule has 0 aliphatic carbocycles. The lowest BCUT2D eigenvalue weighted by Crippen LogP contribution is -2.33. The van der Waals surface area contributed by atoms with Crippen molar-refractivity contribution in [2.24, 2.45) is 5.92 Å². The van der Waals surface area contributed by atoms with Gasteiger partial charge in [0.1, 0.15) is 0 Å². The minimum absolute atomic E-state index is 0.0588. The molecule has 0 N–H and O–H groups in total. The van der Waals surface area contributed by atoms with E-state index in [0.29, 0.717) is 35.0 Å². The maximum atomic E-state index is 12.9. The van der Waals surface area contributed by atoms with Crippen molar-refractivity contribution in [1.29, 1.82) is 0 Å². The molecule has 0 fully saturated rings. The average Bonchev–Trinajstić information content (AvgIpc) is 2.83. The number of carbonyl (C=O) groups is 2. The molecule has 1 aliphatic rings. The van der Waals surface area contributed by atoms with Crippen LogP contribution in [0.25, 0.3) is 0 Å². The van der Waals surface area contributed by atoms with E-state index in [1.54, 1.807) is 37.1 Å². The van der Waals surface area contributed by atoms with Gasteiger partial charge < -0.3 is 19.1 Å². The zero-order chi connectivity index (χ0) is 19.6. The molecule has 27 heavy (non-hydrogen) atoms. The summed E-state index contributed by atoms with van der Waals surface area (Å²) in [5, 5.41) is 0. The Morgan fingerprint density at radius 1 is 1.22 bits per heavy atom. The summed E-state index contributed by atoms with van der Waals surface area (Å²) in [6, 6.07) is 10.5. The zero-order valence-corrected chi connectivity index (χ0v) is 15.9. The smallest absolute Gasteiger partial charge is 0.338 e. The summed E-state index contributed by atoms with van der Waals surface area (Å²) in [7, 11) is 1.58. The number of methoxy groups -OCH3 is 1. The van der Waals surface area contributed by atoms with E-state index < -0.39 is 5.97 Å². The highest BCUT2D eigenvalue weighted by Crippen LogP contribution is 2.44. The largest absolute Gasteiger partial charge is 0.493 e. The molecule has 0 spiro atoms. The Hall–Kier alpha value is -3.02. The first-order chi connectivity index (χ1) is 13.0. The molecule has 2 aromatic carbocycles. The van der Waals surface area contributed by atoms with Gasteiger partial charge in [-0.2, -0.15) is 0 Å². The molecule has 0 bridgehead atoms. The van der Waals surface area contributed by atoms with E-state index in [2.05, 4.69) is 0 Å². The van der Waals surface area contributed by atoms with E-state index in [0.717, 1.165) is 5.56 Å². The number of nitrogens with zero attached hydrogens (tertiary/aromatic N) is 1. The van der Waals surface area contributed by atoms with E-state index in [1.165, 1.54) is 0 Å². The van der Waals surface area contributed by atoms with Gasteiger partial charge in [0.25, 0.3) is 0 Å². The highest BCUT2D eigenvalue weighted by atomic mass is 16.5. The van der Waals surface area contributed by atoms with Gasteiger partial charge in [-0.1, -0.05) is 26.0 Å². The van der Waals surface area contributed by atoms with Crippen LogP contribution in [0.1, 0.15) is 36.7 Å². The molecule has 6 nitrogen and oxygen atoms in total. The van der Waals surface area contributed by atoms with Crippen molar-refractivity contribution in [2.45, 2.75) is 27.3 Å². The highest BCUT2D eigenvalue weighted by Gasteiger charge is 2.29. The number of anilines is 1. The minimum atomic E-state index is -0.434. The maximum absolute atomic E-state index is 12.9. The molecule has 0 atom stereocenters. The average molecular weight is 369 g/mol. The Morgan fingerprint density at radius 3 is 2.67 bits per heavy atom. The third-order valence-corrected chi connectivity index (χ3v) is 4.34. The summed E-state index contributed by atoms with van der Waals surface area (Å²) in [5.74, 6) is 0.945. The third-order valence-electron chi connectivity index (χ3n) is 4.34. The van der Waals surface area contributed by atoms with E-state index in [4.69, 9.17) is 14.2 Å². The van der Waals surface area contributed by atoms with Gasteiger partial charge >= 0.3 is 5.97 Å². The fraction of sp³-hybridized carbons (Fsp3) is 0.333. The van der Waals surface area contributed by atoms with Crippen molar-refractivity contribution in [1.82, 2.24) is 0 Å². The fourth-order valence-corrected chi connectivity index (χ4v) is 2.99. The van der Waals surface area contributed by atoms with Crippen molar-refractivity contribution >= 4 is 17.6 Å². The summed E-state index contributed by atoms with van der Waals surface area (Å²) in [4.78, 5) is 26.7. The van der Waals surface area contributed by atoms with Gasteiger partial charge in [0.15, 0.2) is 17.2 Å². The van der Waals surface area contributed by atoms with Crippen LogP contribution in [0.2, 0.25) is 0 Å². The molecule has 0 saturated heterocycles. The molecule has 0 aromatic heterocycles. The quantitative estimate of drug-likeness (QED) is 0.757. The summed E-state index contributed by atoms with van der Waals surface area (Å²) in [5.41, 5.74) is 1.74. The number of para-hydroxylation sites is 1. The topological polar surface area (TPSA) is 65.1 Å². The van der Waals surface area contributed by atoms with E-state index in [-0.39, 0.29) is 18.4 Å². The summed E-state index contributed by atoms with van der Waals surface area (Å²) >= 11 is 0. The van der Waals surface area contributed by atoms with Crippen LogP contribution in [0.5, 0.6) is 17.2 Å². The van der Waals surface area contributed by atoms with Crippen LogP contribution in [-0.2, 0) is 16.1 Å². The summed E-state index contributed by atoms with van der Waals surface area (Å²) in [6.07, 6.45) is 0. The van der Waals surface area contributed by atoms with Gasteiger partial charge in [0.2, 0.25) is 5.91 Å². The molecular formula is C21H23NO5. The normalized spacial score (nSPS) is 12.6. The SMILES string of the molecule is CCOC(=O)c1ccc2c(c1)N(C(=O)C(C)C)Cc1cccc(OC)c1O2. The predicted octanol–water partition coefficient (Wildman–Crippen LogP) is 4.17. The molecule has 0 unspecified atom stereocenters. The molecule has 1 amide bonds. The predicted molar refractivity (Wildman–Crippen MR) is 101 cm³/mol. The van der Waals surface area contributed by atoms with Crippen molar-refractivity contribution in [3.05, 3.63) is 47.5 Å². The molecule has 3 rings (SSSR count). The zero-order valence-electron chi connectivity index (χ0n) is 15.9. The lowest BCUT2D eigenvalue weighted by atomic mass is 10.1. The van der Waals surface area contributed by atoms with Crippen LogP contribution in [-0.4, -0.2) is 25.6 Å². The van der Waals surface area contributed by atoms with Crippen molar-refractivity contribution in [2.75, 3.05) is 18.6 Å². The Kier molecular flexibility index (Phi) is 5.35. The van der Waals surface area contributed by atoms with Crippen LogP contribution in [0.3, 0.4) is 0 Å². The lowest BCUT2D eigenvalue weighted by molar-refractivity contribution is -0.121. The molecule has 142 valence electrons. The number of rotatable bonds is 4. The monoisotopic (exact) mass is 369 g/mol. The Bertz CT molecular complexity index is 875. The first-order valence-electron chi connectivity index (χ1n) is 8.92. The Morgan fingerprint density at radius 2 is 2.00 bits per heavy atom. The number of esters is 1. The number of benzene rings is 2. The van der Waals surface area contributed by atoms with Gasteiger partial charge in [-0.15, -0.1) is 0 Å². The summed E-state index contributed by atoms with van der Waals surface area (Å²) < 4.78 is 16.6. The lowest BCUT2D eigenvalue weighted by Gasteiger charge is -2.24. The van der Waals surface area contributed by atoms with Gasteiger partial charge in [-0.05, 0) is 31.2 Å². The van der Waals surface area contributed by atoms with Crippen LogP contribution < -0.4 is 14.4 Å².